The van der Waals surface area contributed by atoms with Gasteiger partial charge >= 0.3 is 13.3 Å². The molecule has 1 N–H and O–H groups in total. The number of carbonyl (C=O) groups is 1. The molecule has 0 fully saturated rings. The first kappa shape index (κ1) is 31.9. The molecule has 0 spiro atoms. The van der Waals surface area contributed by atoms with E-state index in [2.05, 4.69) is 13.8 Å². The van der Waals surface area contributed by atoms with Crippen LogP contribution in [0.4, 0.5) is 4.79 Å². The van der Waals surface area contributed by atoms with Crippen LogP contribution in [0.15, 0.2) is 0 Å². The van der Waals surface area contributed by atoms with Crippen molar-refractivity contribution >= 4 is 25.1 Å². The summed E-state index contributed by atoms with van der Waals surface area (Å²) >= 11 is 1.85. The Bertz CT molecular complexity index is 491. The summed E-state index contributed by atoms with van der Waals surface area (Å²) in [6.45, 7) is 8.14. The lowest BCUT2D eigenvalue weighted by Crippen LogP contribution is -2.24. The van der Waals surface area contributed by atoms with E-state index < -0.39 is 13.3 Å². The third kappa shape index (κ3) is 16.5. The molecule has 0 amide bonds. The second kappa shape index (κ2) is 21.5. The molecule has 0 heterocycles. The quantitative estimate of drug-likeness (QED) is 0.0617. The molecule has 0 aromatic carbocycles. The summed E-state index contributed by atoms with van der Waals surface area (Å²) in [5.41, 5.74) is -1.61. The van der Waals surface area contributed by atoms with Crippen LogP contribution in [0.1, 0.15) is 124 Å². The van der Waals surface area contributed by atoms with Crippen molar-refractivity contribution < 1.29 is 28.6 Å². The summed E-state index contributed by atoms with van der Waals surface area (Å²) in [7, 11) is -4.30. The third-order valence-electron chi connectivity index (χ3n) is 5.44. The molecular weight excluding hydrogens is 447 g/mol. The molecule has 3 atom stereocenters. The van der Waals surface area contributed by atoms with Crippen molar-refractivity contribution in [2.75, 3.05) is 12.4 Å². The van der Waals surface area contributed by atoms with Crippen LogP contribution in [0.2, 0.25) is 0 Å². The van der Waals surface area contributed by atoms with Gasteiger partial charge in [-0.05, 0) is 31.9 Å². The second-order valence-corrected chi connectivity index (χ2v) is 11.7. The topological polar surface area (TPSA) is 82.1 Å². The summed E-state index contributed by atoms with van der Waals surface area (Å²) in [4.78, 5) is 16.6. The predicted molar refractivity (Wildman–Crippen MR) is 136 cm³/mol. The molecule has 0 aromatic heterocycles. The Balaban J connectivity index is 4.28. The van der Waals surface area contributed by atoms with E-state index >= 15 is 0 Å². The molecule has 0 saturated carbocycles. The molecule has 0 aliphatic rings. The Morgan fingerprint density at radius 3 is 1.91 bits per heavy atom. The van der Waals surface area contributed by atoms with Crippen molar-refractivity contribution in [3.05, 3.63) is 0 Å². The Kier molecular flexibility index (Phi) is 21.4. The van der Waals surface area contributed by atoms with Crippen molar-refractivity contribution in [1.82, 2.24) is 0 Å². The summed E-state index contributed by atoms with van der Waals surface area (Å²) in [5, 5.41) is 9.38. The zero-order chi connectivity index (χ0) is 24.1. The van der Waals surface area contributed by atoms with Gasteiger partial charge in [-0.25, -0.2) is 14.2 Å². The summed E-state index contributed by atoms with van der Waals surface area (Å²) in [5.74, 6) is 1.05. The summed E-state index contributed by atoms with van der Waals surface area (Å²) < 4.78 is 22.2. The minimum Gasteiger partial charge on any atom is -0.472 e. The van der Waals surface area contributed by atoms with E-state index in [0.717, 1.165) is 31.4 Å². The Morgan fingerprint density at radius 2 is 1.38 bits per heavy atom. The number of thioether (sulfide) groups is 1. The van der Waals surface area contributed by atoms with Crippen LogP contribution >= 0.6 is 19.4 Å². The van der Waals surface area contributed by atoms with Crippen LogP contribution in [0.25, 0.3) is 0 Å². The van der Waals surface area contributed by atoms with Crippen LogP contribution < -0.4 is 0 Å². The lowest BCUT2D eigenvalue weighted by atomic mass is 10.1. The van der Waals surface area contributed by atoms with Crippen molar-refractivity contribution in [1.29, 1.82) is 0 Å². The smallest absolute Gasteiger partial charge is 0.464 e. The highest BCUT2D eigenvalue weighted by molar-refractivity contribution is 7.99. The van der Waals surface area contributed by atoms with Crippen LogP contribution in [-0.2, 0) is 18.7 Å². The molecule has 0 aliphatic heterocycles. The van der Waals surface area contributed by atoms with Gasteiger partial charge in [-0.15, -0.1) is 4.67 Å². The zero-order valence-electron chi connectivity index (χ0n) is 21.0. The maximum atomic E-state index is 12.3. The average Bonchev–Trinajstić information content (AvgIpc) is 2.78. The largest absolute Gasteiger partial charge is 0.472 e. The van der Waals surface area contributed by atoms with Gasteiger partial charge in [0, 0.05) is 5.25 Å². The van der Waals surface area contributed by atoms with E-state index in [1.165, 1.54) is 64.2 Å². The molecule has 0 bridgehead atoms. The highest BCUT2D eigenvalue weighted by Gasteiger charge is 2.38. The molecule has 192 valence electrons. The van der Waals surface area contributed by atoms with Gasteiger partial charge in [0.25, 0.3) is 0 Å². The van der Waals surface area contributed by atoms with E-state index in [-0.39, 0.29) is 18.0 Å². The first-order valence-electron chi connectivity index (χ1n) is 12.9. The van der Waals surface area contributed by atoms with E-state index in [4.69, 9.17) is 14.1 Å². The standard InChI is InChI=1S/C24H49O6PS/c1-5-8-10-11-12-13-14-15-16-18-21-32-23(19-17-9-6-2)22(4)29-30-31(27,24(25)26)28-20-7-3/h22-23H,5-21H2,1-4H3,(H,25,26). The van der Waals surface area contributed by atoms with Crippen molar-refractivity contribution in [3.8, 4) is 0 Å². The Labute approximate surface area is 201 Å². The molecule has 32 heavy (non-hydrogen) atoms. The minimum absolute atomic E-state index is 0.0503. The van der Waals surface area contributed by atoms with Gasteiger partial charge in [0.15, 0.2) is 0 Å². The Morgan fingerprint density at radius 1 is 0.844 bits per heavy atom. The predicted octanol–water partition coefficient (Wildman–Crippen LogP) is 9.22. The van der Waals surface area contributed by atoms with Crippen molar-refractivity contribution in [2.24, 2.45) is 0 Å². The van der Waals surface area contributed by atoms with Gasteiger partial charge in [0.1, 0.15) is 6.10 Å². The SMILES string of the molecule is CCCCCCCCCCCCSC(CCCCC)C(C)OOP(=O)(OCCC)C(=O)O. The monoisotopic (exact) mass is 496 g/mol. The molecule has 0 radical (unpaired) electrons. The molecule has 0 aliphatic carbocycles. The van der Waals surface area contributed by atoms with Gasteiger partial charge in [-0.2, -0.15) is 11.8 Å². The summed E-state index contributed by atoms with van der Waals surface area (Å²) in [6.07, 6.45) is 17.7. The molecule has 0 saturated heterocycles. The first-order valence-corrected chi connectivity index (χ1v) is 15.4. The summed E-state index contributed by atoms with van der Waals surface area (Å²) in [6, 6.07) is 0. The second-order valence-electron chi connectivity index (χ2n) is 8.58. The van der Waals surface area contributed by atoms with E-state index in [0.29, 0.717) is 6.42 Å². The number of hydrogen-bond acceptors (Lipinski definition) is 6. The minimum atomic E-state index is -4.30. The fourth-order valence-electron chi connectivity index (χ4n) is 3.38. The lowest BCUT2D eigenvalue weighted by molar-refractivity contribution is -0.245. The highest BCUT2D eigenvalue weighted by Crippen LogP contribution is 2.49. The maximum absolute atomic E-state index is 12.3. The molecule has 8 heteroatoms. The fourth-order valence-corrected chi connectivity index (χ4v) is 5.59. The number of hydrogen-bond donors (Lipinski definition) is 1. The van der Waals surface area contributed by atoms with E-state index in [1.807, 2.05) is 25.6 Å². The fraction of sp³-hybridized carbons (Fsp3) is 0.958. The number of rotatable bonds is 24. The molecule has 6 nitrogen and oxygen atoms in total. The van der Waals surface area contributed by atoms with Gasteiger partial charge in [-0.3, -0.25) is 4.52 Å². The van der Waals surface area contributed by atoms with Gasteiger partial charge in [0.2, 0.25) is 0 Å². The van der Waals surface area contributed by atoms with E-state index in [9.17, 15) is 14.5 Å². The van der Waals surface area contributed by atoms with Gasteiger partial charge < -0.3 is 5.11 Å². The number of carboxylic acid groups (broad SMARTS) is 1. The van der Waals surface area contributed by atoms with Crippen LogP contribution in [0.5, 0.6) is 0 Å². The van der Waals surface area contributed by atoms with Crippen molar-refractivity contribution in [2.45, 2.75) is 135 Å². The molecular formula is C24H49O6PS. The van der Waals surface area contributed by atoms with Crippen LogP contribution in [0, 0.1) is 0 Å². The zero-order valence-corrected chi connectivity index (χ0v) is 22.7. The normalized spacial score (nSPS) is 15.4. The highest BCUT2D eigenvalue weighted by atomic mass is 32.2. The molecule has 3 unspecified atom stereocenters. The number of unbranched alkanes of at least 4 members (excludes halogenated alkanes) is 11. The van der Waals surface area contributed by atoms with Crippen LogP contribution in [-0.4, -0.2) is 34.5 Å². The third-order valence-corrected chi connectivity index (χ3v) is 8.28. The van der Waals surface area contributed by atoms with Crippen LogP contribution in [0.3, 0.4) is 0 Å². The van der Waals surface area contributed by atoms with Crippen molar-refractivity contribution in [3.63, 3.8) is 0 Å². The first-order chi connectivity index (χ1) is 15.4. The van der Waals surface area contributed by atoms with Gasteiger partial charge in [0.05, 0.1) is 6.61 Å². The molecule has 0 rings (SSSR count). The Hall–Kier alpha value is -0.0700. The maximum Gasteiger partial charge on any atom is 0.464 e. The average molecular weight is 497 g/mol. The molecule has 0 aromatic rings. The van der Waals surface area contributed by atoms with Gasteiger partial charge in [-0.1, -0.05) is 97.8 Å². The van der Waals surface area contributed by atoms with E-state index in [1.54, 1.807) is 0 Å². The lowest BCUT2D eigenvalue weighted by Gasteiger charge is -2.24.